The molecule has 1 fully saturated rings. The van der Waals surface area contributed by atoms with E-state index in [1.807, 2.05) is 11.0 Å². The lowest BCUT2D eigenvalue weighted by Crippen LogP contribution is -2.35. The van der Waals surface area contributed by atoms with Crippen molar-refractivity contribution in [3.8, 4) is 0 Å². The Morgan fingerprint density at radius 3 is 2.87 bits per heavy atom. The van der Waals surface area contributed by atoms with Crippen molar-refractivity contribution in [3.63, 3.8) is 0 Å². The van der Waals surface area contributed by atoms with Crippen molar-refractivity contribution in [3.05, 3.63) is 35.9 Å². The van der Waals surface area contributed by atoms with Gasteiger partial charge in [0.25, 0.3) is 0 Å². The zero-order valence-electron chi connectivity index (χ0n) is 13.9. The average Bonchev–Trinajstić information content (AvgIpc) is 3.06. The lowest BCUT2D eigenvalue weighted by Gasteiger charge is -2.19. The molecule has 128 valence electrons. The third-order valence-electron chi connectivity index (χ3n) is 4.30. The predicted octanol–water partition coefficient (Wildman–Crippen LogP) is 1.60. The van der Waals surface area contributed by atoms with Crippen molar-refractivity contribution in [1.29, 1.82) is 0 Å². The van der Waals surface area contributed by atoms with Crippen molar-refractivity contribution in [1.82, 2.24) is 4.90 Å². The molecule has 0 spiro atoms. The Labute approximate surface area is 138 Å². The van der Waals surface area contributed by atoms with Gasteiger partial charge in [-0.15, -0.1) is 0 Å². The van der Waals surface area contributed by atoms with Gasteiger partial charge < -0.3 is 20.1 Å². The molecule has 2 rings (SSSR count). The van der Waals surface area contributed by atoms with Crippen LogP contribution in [-0.2, 0) is 20.7 Å². The highest BCUT2D eigenvalue weighted by Gasteiger charge is 2.27. The number of amides is 1. The molecule has 2 atom stereocenters. The van der Waals surface area contributed by atoms with Gasteiger partial charge in [-0.05, 0) is 24.8 Å². The molecule has 1 aliphatic heterocycles. The quantitative estimate of drug-likeness (QED) is 0.702. The van der Waals surface area contributed by atoms with Crippen LogP contribution in [0.1, 0.15) is 24.8 Å². The molecule has 1 aliphatic rings. The van der Waals surface area contributed by atoms with Crippen molar-refractivity contribution in [2.45, 2.75) is 37.9 Å². The van der Waals surface area contributed by atoms with Crippen molar-refractivity contribution >= 4 is 5.91 Å². The molecule has 5 heteroatoms. The summed E-state index contributed by atoms with van der Waals surface area (Å²) in [6.07, 6.45) is 3.28. The number of likely N-dealkylation sites (tertiary alicyclic amines) is 1. The number of aryl methyl sites for hydroxylation is 1. The van der Waals surface area contributed by atoms with Crippen LogP contribution in [0, 0.1) is 0 Å². The maximum atomic E-state index is 12.2. The first-order valence-electron chi connectivity index (χ1n) is 8.39. The van der Waals surface area contributed by atoms with E-state index in [0.29, 0.717) is 19.5 Å². The molecule has 0 saturated carbocycles. The highest BCUT2D eigenvalue weighted by molar-refractivity contribution is 5.77. The number of rotatable bonds is 9. The molecule has 2 N–H and O–H groups in total. The minimum atomic E-state index is -0.187. The van der Waals surface area contributed by atoms with Crippen LogP contribution in [0.4, 0.5) is 0 Å². The first-order chi connectivity index (χ1) is 11.2. The van der Waals surface area contributed by atoms with E-state index in [0.717, 1.165) is 32.4 Å². The second-order valence-electron chi connectivity index (χ2n) is 6.01. The maximum Gasteiger partial charge on any atom is 0.225 e. The molecule has 0 radical (unpaired) electrons. The molecule has 1 amide bonds. The lowest BCUT2D eigenvalue weighted by atomic mass is 10.1. The normalized spacial score (nSPS) is 19.0. The molecule has 1 saturated heterocycles. The number of carbonyl (C=O) groups excluding carboxylic acids is 1. The summed E-state index contributed by atoms with van der Waals surface area (Å²) in [7, 11) is 1.59. The monoisotopic (exact) mass is 320 g/mol. The Morgan fingerprint density at radius 2 is 2.17 bits per heavy atom. The second kappa shape index (κ2) is 9.65. The van der Waals surface area contributed by atoms with Crippen LogP contribution in [0.2, 0.25) is 0 Å². The fourth-order valence-electron chi connectivity index (χ4n) is 2.85. The van der Waals surface area contributed by atoms with Gasteiger partial charge in [-0.25, -0.2) is 0 Å². The van der Waals surface area contributed by atoms with Gasteiger partial charge in [-0.3, -0.25) is 4.79 Å². The van der Waals surface area contributed by atoms with E-state index >= 15 is 0 Å². The number of carbonyl (C=O) groups is 1. The third kappa shape index (κ3) is 5.94. The van der Waals surface area contributed by atoms with Crippen LogP contribution in [0.15, 0.2) is 30.3 Å². The Hall–Kier alpha value is -1.43. The topological polar surface area (TPSA) is 64.8 Å². The molecule has 23 heavy (non-hydrogen) atoms. The van der Waals surface area contributed by atoms with Gasteiger partial charge >= 0.3 is 0 Å². The fraction of sp³-hybridized carbons (Fsp3) is 0.611. The smallest absolute Gasteiger partial charge is 0.225 e. The third-order valence-corrected chi connectivity index (χ3v) is 4.30. The summed E-state index contributed by atoms with van der Waals surface area (Å²) in [6.45, 7) is 2.56. The Bertz CT molecular complexity index is 463. The predicted molar refractivity (Wildman–Crippen MR) is 90.2 cm³/mol. The summed E-state index contributed by atoms with van der Waals surface area (Å²) in [6, 6.07) is 10.4. The molecular formula is C18H28N2O3. The van der Waals surface area contributed by atoms with Crippen LogP contribution >= 0.6 is 0 Å². The highest BCUT2D eigenvalue weighted by atomic mass is 16.5. The number of benzene rings is 1. The van der Waals surface area contributed by atoms with Gasteiger partial charge in [-0.1, -0.05) is 30.3 Å². The van der Waals surface area contributed by atoms with Gasteiger partial charge in [-0.2, -0.15) is 0 Å². The Balaban J connectivity index is 1.62. The van der Waals surface area contributed by atoms with Crippen LogP contribution in [0.25, 0.3) is 0 Å². The number of hydrogen-bond acceptors (Lipinski definition) is 4. The van der Waals surface area contributed by atoms with E-state index in [-0.39, 0.29) is 18.1 Å². The zero-order valence-corrected chi connectivity index (χ0v) is 13.9. The molecule has 5 nitrogen and oxygen atoms in total. The number of hydrogen-bond donors (Lipinski definition) is 1. The fourth-order valence-corrected chi connectivity index (χ4v) is 2.85. The van der Waals surface area contributed by atoms with Crippen LogP contribution < -0.4 is 5.73 Å². The molecule has 0 bridgehead atoms. The lowest BCUT2D eigenvalue weighted by molar-refractivity contribution is -0.133. The van der Waals surface area contributed by atoms with Crippen LogP contribution in [-0.4, -0.2) is 56.4 Å². The zero-order chi connectivity index (χ0) is 16.5. The molecule has 1 aromatic rings. The SMILES string of the molecule is COC(CN)CC(=O)N1CCC(OCCCc2ccccc2)C1. The van der Waals surface area contributed by atoms with Crippen LogP contribution in [0.3, 0.4) is 0 Å². The molecule has 1 heterocycles. The summed E-state index contributed by atoms with van der Waals surface area (Å²) < 4.78 is 11.1. The summed E-state index contributed by atoms with van der Waals surface area (Å²) in [4.78, 5) is 14.0. The summed E-state index contributed by atoms with van der Waals surface area (Å²) in [5.74, 6) is 0.109. The number of methoxy groups -OCH3 is 1. The minimum Gasteiger partial charge on any atom is -0.380 e. The van der Waals surface area contributed by atoms with Crippen molar-refractivity contribution < 1.29 is 14.3 Å². The standard InChI is InChI=1S/C18H28N2O3/c1-22-17(13-19)12-18(21)20-10-9-16(14-20)23-11-5-8-15-6-3-2-4-7-15/h2-4,6-7,16-17H,5,8-14,19H2,1H3. The van der Waals surface area contributed by atoms with Gasteiger partial charge in [0.2, 0.25) is 5.91 Å². The molecule has 0 aliphatic carbocycles. The second-order valence-corrected chi connectivity index (χ2v) is 6.01. The van der Waals surface area contributed by atoms with E-state index in [2.05, 4.69) is 24.3 Å². The number of ether oxygens (including phenoxy) is 2. The van der Waals surface area contributed by atoms with Crippen molar-refractivity contribution in [2.75, 3.05) is 33.4 Å². The van der Waals surface area contributed by atoms with Gasteiger partial charge in [0.1, 0.15) is 0 Å². The summed E-state index contributed by atoms with van der Waals surface area (Å²) >= 11 is 0. The average molecular weight is 320 g/mol. The van der Waals surface area contributed by atoms with Gasteiger partial charge in [0.15, 0.2) is 0 Å². The first kappa shape index (κ1) is 17.9. The van der Waals surface area contributed by atoms with E-state index in [1.165, 1.54) is 5.56 Å². The number of nitrogens with zero attached hydrogens (tertiary/aromatic N) is 1. The van der Waals surface area contributed by atoms with Crippen molar-refractivity contribution in [2.24, 2.45) is 5.73 Å². The Morgan fingerprint density at radius 1 is 1.39 bits per heavy atom. The largest absolute Gasteiger partial charge is 0.380 e. The minimum absolute atomic E-state index is 0.109. The van der Waals surface area contributed by atoms with E-state index in [1.54, 1.807) is 7.11 Å². The van der Waals surface area contributed by atoms with E-state index in [4.69, 9.17) is 15.2 Å². The van der Waals surface area contributed by atoms with Crippen LogP contribution in [0.5, 0.6) is 0 Å². The highest BCUT2D eigenvalue weighted by Crippen LogP contribution is 2.15. The first-order valence-corrected chi connectivity index (χ1v) is 8.39. The van der Waals surface area contributed by atoms with E-state index in [9.17, 15) is 4.79 Å². The Kier molecular flexibility index (Phi) is 7.52. The molecule has 2 unspecified atom stereocenters. The molecule has 0 aromatic heterocycles. The summed E-state index contributed by atoms with van der Waals surface area (Å²) in [5, 5.41) is 0. The number of nitrogens with two attached hydrogens (primary N) is 1. The van der Waals surface area contributed by atoms with Gasteiger partial charge in [0.05, 0.1) is 18.6 Å². The maximum absolute atomic E-state index is 12.2. The molecular weight excluding hydrogens is 292 g/mol. The van der Waals surface area contributed by atoms with E-state index < -0.39 is 0 Å². The molecule has 1 aromatic carbocycles. The summed E-state index contributed by atoms with van der Waals surface area (Å²) in [5.41, 5.74) is 6.91. The van der Waals surface area contributed by atoms with Gasteiger partial charge in [0, 0.05) is 33.4 Å².